The molecule has 2 N–H and O–H groups in total. The molecule has 17 heavy (non-hydrogen) atoms. The zero-order chi connectivity index (χ0) is 12.3. The van der Waals surface area contributed by atoms with Crippen LogP contribution in [0.4, 0.5) is 11.5 Å². The summed E-state index contributed by atoms with van der Waals surface area (Å²) in [4.78, 5) is 18.2. The van der Waals surface area contributed by atoms with E-state index in [0.717, 1.165) is 5.69 Å². The molecule has 0 fully saturated rings. The summed E-state index contributed by atoms with van der Waals surface area (Å²) in [6, 6.07) is 1.74. The highest BCUT2D eigenvalue weighted by Gasteiger charge is 2.14. The zero-order valence-electron chi connectivity index (χ0n) is 9.04. The molecule has 0 saturated carbocycles. The molecule has 0 atom stereocenters. The van der Waals surface area contributed by atoms with Crippen LogP contribution in [0.15, 0.2) is 18.5 Å². The van der Waals surface area contributed by atoms with Crippen LogP contribution in [0.1, 0.15) is 11.5 Å². The molecule has 2 aromatic rings. The molecule has 0 radical (unpaired) electrons. The number of hydrogen-bond donors (Lipinski definition) is 2. The Labute approximate surface area is 96.3 Å². The Morgan fingerprint density at radius 1 is 1.59 bits per heavy atom. The molecule has 0 bridgehead atoms. The molecule has 2 rings (SSSR count). The van der Waals surface area contributed by atoms with Gasteiger partial charge in [0.1, 0.15) is 12.0 Å². The normalized spacial score (nSPS) is 10.2. The van der Waals surface area contributed by atoms with Crippen LogP contribution in [0, 0.1) is 17.0 Å². The molecule has 0 spiro atoms. The van der Waals surface area contributed by atoms with Crippen LogP contribution >= 0.6 is 0 Å². The minimum Gasteiger partial charge on any atom is -0.371 e. The van der Waals surface area contributed by atoms with Gasteiger partial charge in [0.05, 0.1) is 12.2 Å². The van der Waals surface area contributed by atoms with E-state index in [1.54, 1.807) is 19.2 Å². The van der Waals surface area contributed by atoms with Crippen molar-refractivity contribution in [3.63, 3.8) is 0 Å². The maximum atomic E-state index is 10.6. The van der Waals surface area contributed by atoms with E-state index in [9.17, 15) is 10.1 Å². The Kier molecular flexibility index (Phi) is 2.95. The number of aryl methyl sites for hydroxylation is 1. The van der Waals surface area contributed by atoms with Crippen molar-refractivity contribution in [2.45, 2.75) is 13.5 Å². The largest absolute Gasteiger partial charge is 0.371 e. The van der Waals surface area contributed by atoms with Gasteiger partial charge in [0.2, 0.25) is 0 Å². The van der Waals surface area contributed by atoms with Crippen LogP contribution in [0.3, 0.4) is 0 Å². The number of H-pyrrole nitrogens is 1. The smallest absolute Gasteiger partial charge is 0.366 e. The molecule has 88 valence electrons. The van der Waals surface area contributed by atoms with E-state index in [0.29, 0.717) is 18.1 Å². The quantitative estimate of drug-likeness (QED) is 0.603. The first kappa shape index (κ1) is 11.0. The molecule has 2 aromatic heterocycles. The lowest BCUT2D eigenvalue weighted by atomic mass is 10.4. The standard InChI is InChI=1S/C9H10N6O2/c1-6-10-3-2-7(13-6)4-11-8-5-12-14-9(8)15(16)17/h2-3,5,11H,4H2,1H3,(H,12,14). The molecule has 8 nitrogen and oxygen atoms in total. The summed E-state index contributed by atoms with van der Waals surface area (Å²) in [5.41, 5.74) is 1.10. The van der Waals surface area contributed by atoms with Crippen molar-refractivity contribution in [2.75, 3.05) is 5.32 Å². The lowest BCUT2D eigenvalue weighted by Crippen LogP contribution is -2.04. The first-order chi connectivity index (χ1) is 8.16. The minimum atomic E-state index is -0.527. The molecule has 0 aromatic carbocycles. The number of aromatic amines is 1. The summed E-state index contributed by atoms with van der Waals surface area (Å²) < 4.78 is 0. The molecule has 0 amide bonds. The van der Waals surface area contributed by atoms with E-state index in [1.807, 2.05) is 0 Å². The summed E-state index contributed by atoms with van der Waals surface area (Å²) in [5.74, 6) is 0.502. The highest BCUT2D eigenvalue weighted by Crippen LogP contribution is 2.19. The van der Waals surface area contributed by atoms with Gasteiger partial charge >= 0.3 is 5.82 Å². The van der Waals surface area contributed by atoms with Gasteiger partial charge in [-0.1, -0.05) is 5.10 Å². The molecular formula is C9H10N6O2. The third-order valence-corrected chi connectivity index (χ3v) is 2.10. The van der Waals surface area contributed by atoms with E-state index >= 15 is 0 Å². The van der Waals surface area contributed by atoms with Crippen molar-refractivity contribution in [2.24, 2.45) is 0 Å². The first-order valence-electron chi connectivity index (χ1n) is 4.87. The molecule has 0 unspecified atom stereocenters. The Morgan fingerprint density at radius 3 is 3.12 bits per heavy atom. The molecule has 8 heteroatoms. The van der Waals surface area contributed by atoms with Crippen molar-refractivity contribution in [3.05, 3.63) is 40.1 Å². The van der Waals surface area contributed by atoms with Crippen molar-refractivity contribution < 1.29 is 4.92 Å². The van der Waals surface area contributed by atoms with Crippen LogP contribution in [0.25, 0.3) is 0 Å². The van der Waals surface area contributed by atoms with E-state index in [-0.39, 0.29) is 5.82 Å². The molecule has 0 saturated heterocycles. The fraction of sp³-hybridized carbons (Fsp3) is 0.222. The number of nitrogens with zero attached hydrogens (tertiary/aromatic N) is 4. The van der Waals surface area contributed by atoms with Crippen molar-refractivity contribution in [3.8, 4) is 0 Å². The monoisotopic (exact) mass is 234 g/mol. The van der Waals surface area contributed by atoms with Gasteiger partial charge in [0.25, 0.3) is 0 Å². The van der Waals surface area contributed by atoms with Crippen LogP contribution in [0.5, 0.6) is 0 Å². The Hall–Kier alpha value is -2.51. The Morgan fingerprint density at radius 2 is 2.41 bits per heavy atom. The highest BCUT2D eigenvalue weighted by molar-refractivity contribution is 5.55. The number of hydrogen-bond acceptors (Lipinski definition) is 6. The predicted octanol–water partition coefficient (Wildman–Crippen LogP) is 1.03. The second-order valence-electron chi connectivity index (χ2n) is 3.34. The molecule has 0 aliphatic rings. The maximum absolute atomic E-state index is 10.6. The summed E-state index contributed by atoms with van der Waals surface area (Å²) >= 11 is 0. The van der Waals surface area contributed by atoms with Gasteiger partial charge in [0, 0.05) is 6.20 Å². The average Bonchev–Trinajstić information content (AvgIpc) is 2.74. The summed E-state index contributed by atoms with van der Waals surface area (Å²) in [6.07, 6.45) is 3.01. The lowest BCUT2D eigenvalue weighted by Gasteiger charge is -2.03. The summed E-state index contributed by atoms with van der Waals surface area (Å²) in [5, 5.41) is 19.4. The van der Waals surface area contributed by atoms with Gasteiger partial charge in [-0.3, -0.25) is 0 Å². The SMILES string of the molecule is Cc1nccc(CNc2cn[nH]c2[N+](=O)[O-])n1. The Balaban J connectivity index is 2.07. The number of nitro groups is 1. The van der Waals surface area contributed by atoms with Gasteiger partial charge in [-0.05, 0) is 17.9 Å². The molecule has 0 aliphatic heterocycles. The van der Waals surface area contributed by atoms with Gasteiger partial charge in [0.15, 0.2) is 5.69 Å². The van der Waals surface area contributed by atoms with Gasteiger partial charge < -0.3 is 15.4 Å². The van der Waals surface area contributed by atoms with E-state index in [2.05, 4.69) is 25.5 Å². The number of rotatable bonds is 4. The van der Waals surface area contributed by atoms with Crippen molar-refractivity contribution in [1.82, 2.24) is 20.2 Å². The summed E-state index contributed by atoms with van der Waals surface area (Å²) in [7, 11) is 0. The van der Waals surface area contributed by atoms with Crippen LogP contribution in [-0.2, 0) is 6.54 Å². The minimum absolute atomic E-state index is 0.157. The number of anilines is 1. The summed E-state index contributed by atoms with van der Waals surface area (Å²) in [6.45, 7) is 2.16. The molecular weight excluding hydrogens is 224 g/mol. The fourth-order valence-corrected chi connectivity index (χ4v) is 1.34. The first-order valence-corrected chi connectivity index (χ1v) is 4.87. The van der Waals surface area contributed by atoms with E-state index in [4.69, 9.17) is 0 Å². The van der Waals surface area contributed by atoms with Crippen LogP contribution < -0.4 is 5.32 Å². The topological polar surface area (TPSA) is 110 Å². The lowest BCUT2D eigenvalue weighted by molar-refractivity contribution is -0.388. The van der Waals surface area contributed by atoms with Crippen LogP contribution in [0.2, 0.25) is 0 Å². The second-order valence-corrected chi connectivity index (χ2v) is 3.34. The molecule has 0 aliphatic carbocycles. The molecule has 2 heterocycles. The third kappa shape index (κ3) is 2.54. The van der Waals surface area contributed by atoms with Crippen LogP contribution in [-0.4, -0.2) is 25.1 Å². The van der Waals surface area contributed by atoms with E-state index < -0.39 is 4.92 Å². The highest BCUT2D eigenvalue weighted by atomic mass is 16.6. The van der Waals surface area contributed by atoms with Crippen molar-refractivity contribution >= 4 is 11.5 Å². The van der Waals surface area contributed by atoms with Gasteiger partial charge in [-0.15, -0.1) is 5.10 Å². The third-order valence-electron chi connectivity index (χ3n) is 2.10. The number of nitrogens with one attached hydrogen (secondary N) is 2. The van der Waals surface area contributed by atoms with E-state index in [1.165, 1.54) is 6.20 Å². The predicted molar refractivity (Wildman–Crippen MR) is 59.3 cm³/mol. The number of aromatic nitrogens is 4. The Bertz CT molecular complexity index is 538. The maximum Gasteiger partial charge on any atom is 0.366 e. The second kappa shape index (κ2) is 4.56. The van der Waals surface area contributed by atoms with Crippen molar-refractivity contribution in [1.29, 1.82) is 0 Å². The average molecular weight is 234 g/mol. The van der Waals surface area contributed by atoms with Gasteiger partial charge in [-0.25, -0.2) is 9.97 Å². The zero-order valence-corrected chi connectivity index (χ0v) is 9.04. The van der Waals surface area contributed by atoms with Gasteiger partial charge in [-0.2, -0.15) is 0 Å². The fourth-order valence-electron chi connectivity index (χ4n) is 1.34.